The van der Waals surface area contributed by atoms with Crippen LogP contribution in [0.5, 0.6) is 0 Å². The number of hydrogen-bond acceptors (Lipinski definition) is 6. The number of nitrogens with one attached hydrogen (secondary N) is 1. The molecule has 1 N–H and O–H groups in total. The van der Waals surface area contributed by atoms with Crippen molar-refractivity contribution in [2.24, 2.45) is 0 Å². The molecule has 1 aromatic heterocycles. The second kappa shape index (κ2) is 10.1. The van der Waals surface area contributed by atoms with Crippen LogP contribution in [0, 0.1) is 0 Å². The van der Waals surface area contributed by atoms with Crippen LogP contribution in [-0.2, 0) is 9.47 Å². The summed E-state index contributed by atoms with van der Waals surface area (Å²) in [6, 6.07) is 17.8. The Kier molecular flexibility index (Phi) is 6.83. The van der Waals surface area contributed by atoms with Crippen molar-refractivity contribution in [3.05, 3.63) is 64.5 Å². The van der Waals surface area contributed by atoms with Crippen LogP contribution in [0.1, 0.15) is 9.67 Å². The number of morpholine rings is 2. The number of anilines is 3. The SMILES string of the molecule is O=C(Nc1ccc(N2CCOCC2)cc1N1CCOCC1)c1ccc(-c2ccc(Cl)cc2)s1. The van der Waals surface area contributed by atoms with E-state index in [-0.39, 0.29) is 5.91 Å². The summed E-state index contributed by atoms with van der Waals surface area (Å²) in [7, 11) is 0. The van der Waals surface area contributed by atoms with E-state index in [0.717, 1.165) is 66.9 Å². The number of hydrogen-bond donors (Lipinski definition) is 1. The van der Waals surface area contributed by atoms with E-state index in [0.29, 0.717) is 23.1 Å². The molecule has 0 bridgehead atoms. The van der Waals surface area contributed by atoms with E-state index in [1.807, 2.05) is 42.5 Å². The van der Waals surface area contributed by atoms with Gasteiger partial charge < -0.3 is 24.6 Å². The average molecular weight is 484 g/mol. The van der Waals surface area contributed by atoms with Crippen LogP contribution in [0.3, 0.4) is 0 Å². The summed E-state index contributed by atoms with van der Waals surface area (Å²) in [4.78, 5) is 19.5. The van der Waals surface area contributed by atoms with E-state index >= 15 is 0 Å². The molecular weight excluding hydrogens is 458 g/mol. The van der Waals surface area contributed by atoms with E-state index in [9.17, 15) is 4.79 Å². The number of thiophene rings is 1. The van der Waals surface area contributed by atoms with Crippen molar-refractivity contribution in [1.29, 1.82) is 0 Å². The zero-order valence-corrected chi connectivity index (χ0v) is 19.8. The molecule has 172 valence electrons. The number of nitrogens with zero attached hydrogens (tertiary/aromatic N) is 2. The van der Waals surface area contributed by atoms with E-state index in [1.165, 1.54) is 11.3 Å². The quantitative estimate of drug-likeness (QED) is 0.553. The Labute approximate surface area is 202 Å². The molecule has 5 rings (SSSR count). The average Bonchev–Trinajstić information content (AvgIpc) is 3.36. The lowest BCUT2D eigenvalue weighted by molar-refractivity contribution is 0.103. The molecule has 2 aliphatic heterocycles. The summed E-state index contributed by atoms with van der Waals surface area (Å²) < 4.78 is 11.0. The molecule has 0 spiro atoms. The number of amides is 1. The second-order valence-electron chi connectivity index (χ2n) is 8.03. The van der Waals surface area contributed by atoms with Crippen molar-refractivity contribution in [1.82, 2.24) is 0 Å². The lowest BCUT2D eigenvalue weighted by Crippen LogP contribution is -2.38. The first-order valence-corrected chi connectivity index (χ1v) is 12.3. The monoisotopic (exact) mass is 483 g/mol. The van der Waals surface area contributed by atoms with E-state index in [1.54, 1.807) is 0 Å². The first-order valence-electron chi connectivity index (χ1n) is 11.1. The predicted molar refractivity (Wildman–Crippen MR) is 135 cm³/mol. The lowest BCUT2D eigenvalue weighted by atomic mass is 10.1. The van der Waals surface area contributed by atoms with Gasteiger partial charge in [-0.15, -0.1) is 11.3 Å². The van der Waals surface area contributed by atoms with Crippen LogP contribution in [0.4, 0.5) is 17.1 Å². The van der Waals surface area contributed by atoms with Crippen LogP contribution in [0.25, 0.3) is 10.4 Å². The zero-order valence-electron chi connectivity index (χ0n) is 18.3. The Morgan fingerprint density at radius 1 is 0.848 bits per heavy atom. The minimum Gasteiger partial charge on any atom is -0.378 e. The van der Waals surface area contributed by atoms with Crippen LogP contribution >= 0.6 is 22.9 Å². The van der Waals surface area contributed by atoms with E-state index < -0.39 is 0 Å². The van der Waals surface area contributed by atoms with Gasteiger partial charge in [-0.25, -0.2) is 0 Å². The standard InChI is InChI=1S/C25H26ClN3O3S/c26-19-3-1-18(2-4-19)23-7-8-24(33-23)25(30)27-21-6-5-20(28-9-13-31-14-10-28)17-22(21)29-11-15-32-16-12-29/h1-8,17H,9-16H2,(H,27,30). The summed E-state index contributed by atoms with van der Waals surface area (Å²) in [6.45, 7) is 6.19. The molecule has 0 saturated carbocycles. The minimum absolute atomic E-state index is 0.103. The third-order valence-corrected chi connectivity index (χ3v) is 7.30. The van der Waals surface area contributed by atoms with Crippen molar-refractivity contribution < 1.29 is 14.3 Å². The van der Waals surface area contributed by atoms with Gasteiger partial charge in [0, 0.05) is 41.8 Å². The molecule has 0 atom stereocenters. The highest BCUT2D eigenvalue weighted by Gasteiger charge is 2.20. The Balaban J connectivity index is 1.38. The summed E-state index contributed by atoms with van der Waals surface area (Å²) in [5, 5.41) is 3.85. The molecule has 2 aliphatic rings. The summed E-state index contributed by atoms with van der Waals surface area (Å²) in [5.74, 6) is -0.103. The number of rotatable bonds is 5. The van der Waals surface area contributed by atoms with Gasteiger partial charge in [0.25, 0.3) is 5.91 Å². The predicted octanol–water partition coefficient (Wildman–Crippen LogP) is 4.99. The van der Waals surface area contributed by atoms with Crippen LogP contribution in [0.15, 0.2) is 54.6 Å². The third-order valence-electron chi connectivity index (χ3n) is 5.92. The highest BCUT2D eigenvalue weighted by Crippen LogP contribution is 2.34. The third kappa shape index (κ3) is 5.17. The molecule has 3 aromatic rings. The van der Waals surface area contributed by atoms with Crippen molar-refractivity contribution >= 4 is 45.9 Å². The van der Waals surface area contributed by atoms with Crippen LogP contribution < -0.4 is 15.1 Å². The number of carbonyl (C=O) groups excluding carboxylic acids is 1. The fourth-order valence-corrected chi connectivity index (χ4v) is 5.16. The summed E-state index contributed by atoms with van der Waals surface area (Å²) >= 11 is 7.48. The van der Waals surface area contributed by atoms with E-state index in [2.05, 4.69) is 27.2 Å². The van der Waals surface area contributed by atoms with Crippen molar-refractivity contribution in [2.45, 2.75) is 0 Å². The molecule has 33 heavy (non-hydrogen) atoms. The van der Waals surface area contributed by atoms with Gasteiger partial charge in [0.2, 0.25) is 0 Å². The highest BCUT2D eigenvalue weighted by molar-refractivity contribution is 7.17. The number of carbonyl (C=O) groups is 1. The fourth-order valence-electron chi connectivity index (χ4n) is 4.12. The lowest BCUT2D eigenvalue weighted by Gasteiger charge is -2.33. The van der Waals surface area contributed by atoms with Crippen molar-refractivity contribution in [3.63, 3.8) is 0 Å². The second-order valence-corrected chi connectivity index (χ2v) is 9.55. The first-order chi connectivity index (χ1) is 16.2. The molecule has 0 unspecified atom stereocenters. The zero-order chi connectivity index (χ0) is 22.6. The normalized spacial score (nSPS) is 16.6. The Morgan fingerprint density at radius 2 is 1.52 bits per heavy atom. The largest absolute Gasteiger partial charge is 0.378 e. The maximum absolute atomic E-state index is 13.1. The van der Waals surface area contributed by atoms with Gasteiger partial charge in [0.15, 0.2) is 0 Å². The smallest absolute Gasteiger partial charge is 0.265 e. The topological polar surface area (TPSA) is 54.0 Å². The number of benzene rings is 2. The molecular formula is C25H26ClN3O3S. The highest BCUT2D eigenvalue weighted by atomic mass is 35.5. The maximum atomic E-state index is 13.1. The first kappa shape index (κ1) is 22.2. The molecule has 3 heterocycles. The molecule has 6 nitrogen and oxygen atoms in total. The Morgan fingerprint density at radius 3 is 2.21 bits per heavy atom. The number of halogens is 1. The minimum atomic E-state index is -0.103. The molecule has 2 fully saturated rings. The Hall–Kier alpha value is -2.58. The van der Waals surface area contributed by atoms with Gasteiger partial charge >= 0.3 is 0 Å². The molecule has 8 heteroatoms. The molecule has 2 saturated heterocycles. The summed E-state index contributed by atoms with van der Waals surface area (Å²) in [6.07, 6.45) is 0. The van der Waals surface area contributed by atoms with Gasteiger partial charge in [-0.2, -0.15) is 0 Å². The summed E-state index contributed by atoms with van der Waals surface area (Å²) in [5.41, 5.74) is 4.05. The fraction of sp³-hybridized carbons (Fsp3) is 0.320. The Bertz CT molecular complexity index is 1110. The van der Waals surface area contributed by atoms with Gasteiger partial charge in [0.05, 0.1) is 42.7 Å². The van der Waals surface area contributed by atoms with Gasteiger partial charge in [-0.1, -0.05) is 23.7 Å². The molecule has 0 radical (unpaired) electrons. The molecule has 1 amide bonds. The van der Waals surface area contributed by atoms with Crippen molar-refractivity contribution in [2.75, 3.05) is 67.7 Å². The van der Waals surface area contributed by atoms with Gasteiger partial charge in [0.1, 0.15) is 0 Å². The maximum Gasteiger partial charge on any atom is 0.265 e. The van der Waals surface area contributed by atoms with E-state index in [4.69, 9.17) is 21.1 Å². The van der Waals surface area contributed by atoms with Gasteiger partial charge in [-0.3, -0.25) is 4.79 Å². The van der Waals surface area contributed by atoms with Crippen LogP contribution in [-0.4, -0.2) is 58.5 Å². The van der Waals surface area contributed by atoms with Gasteiger partial charge in [-0.05, 0) is 48.0 Å². The van der Waals surface area contributed by atoms with Crippen molar-refractivity contribution in [3.8, 4) is 10.4 Å². The molecule has 2 aromatic carbocycles. The van der Waals surface area contributed by atoms with Crippen LogP contribution in [0.2, 0.25) is 5.02 Å². The number of ether oxygens (including phenoxy) is 2. The molecule has 0 aliphatic carbocycles.